The summed E-state index contributed by atoms with van der Waals surface area (Å²) in [6, 6.07) is 3.43. The van der Waals surface area contributed by atoms with E-state index < -0.39 is 15.8 Å². The van der Waals surface area contributed by atoms with Gasteiger partial charge in [-0.2, -0.15) is 0 Å². The van der Waals surface area contributed by atoms with E-state index in [1.807, 2.05) is 0 Å². The standard InChI is InChI=1S/C11H12FN5O3S/c1-20-10-4-7(12)2-3-9(10)17-21(18,19)8-5-14-11(16-13)15-6-8/h2-6,17H,13H2,1H3,(H,14,15,16). The highest BCUT2D eigenvalue weighted by Gasteiger charge is 2.18. The van der Waals surface area contributed by atoms with Crippen molar-refractivity contribution < 1.29 is 17.5 Å². The molecule has 0 bridgehead atoms. The molecule has 0 aliphatic heterocycles. The average Bonchev–Trinajstić information content (AvgIpc) is 2.49. The molecular formula is C11H12FN5O3S. The van der Waals surface area contributed by atoms with Crippen LogP contribution in [0, 0.1) is 5.82 Å². The highest BCUT2D eigenvalue weighted by molar-refractivity contribution is 7.92. The van der Waals surface area contributed by atoms with E-state index in [2.05, 4.69) is 20.1 Å². The number of sulfonamides is 1. The molecule has 21 heavy (non-hydrogen) atoms. The lowest BCUT2D eigenvalue weighted by Crippen LogP contribution is -2.16. The van der Waals surface area contributed by atoms with E-state index in [4.69, 9.17) is 10.6 Å². The molecule has 1 aromatic carbocycles. The first-order chi connectivity index (χ1) is 9.96. The summed E-state index contributed by atoms with van der Waals surface area (Å²) in [5.41, 5.74) is 2.28. The van der Waals surface area contributed by atoms with Gasteiger partial charge in [-0.3, -0.25) is 10.1 Å². The molecule has 2 rings (SSSR count). The Morgan fingerprint density at radius 2 is 1.95 bits per heavy atom. The second-order valence-electron chi connectivity index (χ2n) is 3.84. The predicted octanol–water partition coefficient (Wildman–Crippen LogP) is 0.711. The van der Waals surface area contributed by atoms with Gasteiger partial charge in [-0.1, -0.05) is 0 Å². The van der Waals surface area contributed by atoms with Crippen LogP contribution >= 0.6 is 0 Å². The van der Waals surface area contributed by atoms with Crippen LogP contribution in [-0.2, 0) is 10.0 Å². The van der Waals surface area contributed by atoms with Gasteiger partial charge >= 0.3 is 0 Å². The number of halogens is 1. The number of rotatable bonds is 5. The Labute approximate surface area is 120 Å². The molecule has 0 saturated heterocycles. The van der Waals surface area contributed by atoms with E-state index in [1.54, 1.807) is 0 Å². The predicted molar refractivity (Wildman–Crippen MR) is 73.6 cm³/mol. The molecule has 1 heterocycles. The van der Waals surface area contributed by atoms with Crippen molar-refractivity contribution in [2.75, 3.05) is 17.3 Å². The summed E-state index contributed by atoms with van der Waals surface area (Å²) in [5, 5.41) is 0. The summed E-state index contributed by atoms with van der Waals surface area (Å²) < 4.78 is 44.6. The quantitative estimate of drug-likeness (QED) is 0.549. The normalized spacial score (nSPS) is 11.0. The summed E-state index contributed by atoms with van der Waals surface area (Å²) in [6.45, 7) is 0. The van der Waals surface area contributed by atoms with Crippen LogP contribution in [-0.4, -0.2) is 25.5 Å². The molecule has 2 aromatic rings. The maximum atomic E-state index is 13.1. The van der Waals surface area contributed by atoms with E-state index in [9.17, 15) is 12.8 Å². The van der Waals surface area contributed by atoms with Crippen LogP contribution in [0.3, 0.4) is 0 Å². The van der Waals surface area contributed by atoms with Gasteiger partial charge < -0.3 is 4.74 Å². The van der Waals surface area contributed by atoms with Crippen LogP contribution < -0.4 is 20.7 Å². The number of hydrogen-bond donors (Lipinski definition) is 3. The van der Waals surface area contributed by atoms with Crippen LogP contribution in [0.5, 0.6) is 5.75 Å². The van der Waals surface area contributed by atoms with Crippen molar-refractivity contribution in [2.24, 2.45) is 5.84 Å². The number of nitrogen functional groups attached to an aromatic ring is 1. The minimum absolute atomic E-state index is 0.0553. The molecule has 0 saturated carbocycles. The SMILES string of the molecule is COc1cc(F)ccc1NS(=O)(=O)c1cnc(NN)nc1. The summed E-state index contributed by atoms with van der Waals surface area (Å²) in [6.07, 6.45) is 2.17. The Morgan fingerprint density at radius 3 is 2.52 bits per heavy atom. The molecule has 10 heteroatoms. The maximum Gasteiger partial charge on any atom is 0.265 e. The second kappa shape index (κ2) is 5.89. The highest BCUT2D eigenvalue weighted by Crippen LogP contribution is 2.27. The summed E-state index contributed by atoms with van der Waals surface area (Å²) in [5.74, 6) is 4.68. The minimum Gasteiger partial charge on any atom is -0.494 e. The number of ether oxygens (including phenoxy) is 1. The lowest BCUT2D eigenvalue weighted by Gasteiger charge is -2.11. The third kappa shape index (κ3) is 3.35. The summed E-state index contributed by atoms with van der Waals surface area (Å²) in [4.78, 5) is 7.24. The Hall–Kier alpha value is -2.46. The first kappa shape index (κ1) is 14.9. The molecule has 0 unspecified atom stereocenters. The Kier molecular flexibility index (Phi) is 4.19. The zero-order chi connectivity index (χ0) is 15.5. The van der Waals surface area contributed by atoms with Crippen LogP contribution in [0.2, 0.25) is 0 Å². The van der Waals surface area contributed by atoms with Crippen LogP contribution in [0.1, 0.15) is 0 Å². The largest absolute Gasteiger partial charge is 0.494 e. The van der Waals surface area contributed by atoms with E-state index >= 15 is 0 Å². The van der Waals surface area contributed by atoms with Crippen molar-refractivity contribution in [3.05, 3.63) is 36.4 Å². The van der Waals surface area contributed by atoms with Crippen LogP contribution in [0.15, 0.2) is 35.5 Å². The molecule has 0 radical (unpaired) electrons. The lowest BCUT2D eigenvalue weighted by atomic mass is 10.3. The number of aromatic nitrogens is 2. The number of methoxy groups -OCH3 is 1. The van der Waals surface area contributed by atoms with Gasteiger partial charge in [0.1, 0.15) is 16.5 Å². The average molecular weight is 313 g/mol. The number of benzene rings is 1. The maximum absolute atomic E-state index is 13.1. The summed E-state index contributed by atoms with van der Waals surface area (Å²) in [7, 11) is -2.63. The molecule has 0 amide bonds. The van der Waals surface area contributed by atoms with E-state index in [1.165, 1.54) is 13.2 Å². The first-order valence-corrected chi connectivity index (χ1v) is 7.09. The molecule has 0 atom stereocenters. The monoisotopic (exact) mass is 313 g/mol. The molecular weight excluding hydrogens is 301 g/mol. The molecule has 0 fully saturated rings. The number of nitrogens with one attached hydrogen (secondary N) is 2. The number of nitrogens with zero attached hydrogens (tertiary/aromatic N) is 2. The molecule has 0 spiro atoms. The van der Waals surface area contributed by atoms with Crippen molar-refractivity contribution in [1.82, 2.24) is 9.97 Å². The van der Waals surface area contributed by atoms with Gasteiger partial charge in [0, 0.05) is 6.07 Å². The van der Waals surface area contributed by atoms with Crippen molar-refractivity contribution in [2.45, 2.75) is 4.90 Å². The van der Waals surface area contributed by atoms with Gasteiger partial charge in [-0.15, -0.1) is 0 Å². The van der Waals surface area contributed by atoms with E-state index in [0.717, 1.165) is 24.5 Å². The lowest BCUT2D eigenvalue weighted by molar-refractivity contribution is 0.413. The zero-order valence-electron chi connectivity index (χ0n) is 10.9. The fraction of sp³-hybridized carbons (Fsp3) is 0.0909. The molecule has 112 valence electrons. The van der Waals surface area contributed by atoms with Gasteiger partial charge in [0.15, 0.2) is 0 Å². The van der Waals surface area contributed by atoms with Gasteiger partial charge in [0.05, 0.1) is 25.2 Å². The van der Waals surface area contributed by atoms with Gasteiger partial charge in [0.2, 0.25) is 5.95 Å². The third-order valence-electron chi connectivity index (χ3n) is 2.48. The van der Waals surface area contributed by atoms with Crippen molar-refractivity contribution >= 4 is 21.7 Å². The number of nitrogens with two attached hydrogens (primary N) is 1. The van der Waals surface area contributed by atoms with Crippen molar-refractivity contribution in [3.8, 4) is 5.75 Å². The summed E-state index contributed by atoms with van der Waals surface area (Å²) >= 11 is 0. The van der Waals surface area contributed by atoms with Crippen molar-refractivity contribution in [1.29, 1.82) is 0 Å². The molecule has 8 nitrogen and oxygen atoms in total. The zero-order valence-corrected chi connectivity index (χ0v) is 11.7. The number of hydrogen-bond acceptors (Lipinski definition) is 7. The fourth-order valence-electron chi connectivity index (χ4n) is 1.48. The first-order valence-electron chi connectivity index (χ1n) is 5.61. The van der Waals surface area contributed by atoms with Crippen LogP contribution in [0.4, 0.5) is 16.0 Å². The topological polar surface area (TPSA) is 119 Å². The minimum atomic E-state index is -3.93. The van der Waals surface area contributed by atoms with Gasteiger partial charge in [0.25, 0.3) is 10.0 Å². The molecule has 0 aliphatic carbocycles. The molecule has 1 aromatic heterocycles. The van der Waals surface area contributed by atoms with E-state index in [-0.39, 0.29) is 22.3 Å². The van der Waals surface area contributed by atoms with Crippen LogP contribution in [0.25, 0.3) is 0 Å². The van der Waals surface area contributed by atoms with E-state index in [0.29, 0.717) is 0 Å². The Balaban J connectivity index is 2.32. The van der Waals surface area contributed by atoms with Crippen molar-refractivity contribution in [3.63, 3.8) is 0 Å². The molecule has 0 aliphatic rings. The fourth-order valence-corrected chi connectivity index (χ4v) is 2.44. The third-order valence-corrected chi connectivity index (χ3v) is 3.80. The van der Waals surface area contributed by atoms with Gasteiger partial charge in [-0.25, -0.2) is 28.6 Å². The Bertz CT molecular complexity index is 736. The number of anilines is 2. The second-order valence-corrected chi connectivity index (χ2v) is 5.52. The molecule has 4 N–H and O–H groups in total. The Morgan fingerprint density at radius 1 is 1.29 bits per heavy atom. The smallest absolute Gasteiger partial charge is 0.265 e. The highest BCUT2D eigenvalue weighted by atomic mass is 32.2. The number of hydrazine groups is 1. The van der Waals surface area contributed by atoms with Gasteiger partial charge in [-0.05, 0) is 12.1 Å².